The number of amides is 1. The molecule has 3 rings (SSSR count). The standard InChI is InChI=1S/C18H25NO5S/c1-24-15-9-7-14(8-10-15)19(16-11-25(22,23)12-17(16)20)18(21)13-5-3-2-4-6-13/h7-10,13,16-17,20H,2-6,11-12H2,1H3/t16-,17+/m1/s1. The zero-order chi connectivity index (χ0) is 18.0. The van der Waals surface area contributed by atoms with Crippen molar-refractivity contribution in [2.75, 3.05) is 23.5 Å². The third kappa shape index (κ3) is 3.98. The Hall–Kier alpha value is -1.60. The van der Waals surface area contributed by atoms with E-state index in [0.717, 1.165) is 32.1 Å². The molecule has 6 nitrogen and oxygen atoms in total. The first-order valence-electron chi connectivity index (χ1n) is 8.77. The number of aliphatic hydroxyl groups excluding tert-OH is 1. The molecular formula is C18H25NO5S. The quantitative estimate of drug-likeness (QED) is 0.877. The second-order valence-corrected chi connectivity index (χ2v) is 9.11. The van der Waals surface area contributed by atoms with Gasteiger partial charge in [0.15, 0.2) is 9.84 Å². The molecule has 7 heteroatoms. The van der Waals surface area contributed by atoms with Crippen molar-refractivity contribution in [1.82, 2.24) is 0 Å². The van der Waals surface area contributed by atoms with Crippen molar-refractivity contribution >= 4 is 21.4 Å². The summed E-state index contributed by atoms with van der Waals surface area (Å²) in [7, 11) is -1.78. The molecule has 0 bridgehead atoms. The van der Waals surface area contributed by atoms with Crippen molar-refractivity contribution in [3.05, 3.63) is 24.3 Å². The number of sulfone groups is 1. The largest absolute Gasteiger partial charge is 0.497 e. The molecule has 2 aliphatic rings. The maximum absolute atomic E-state index is 13.2. The molecule has 1 saturated carbocycles. The predicted octanol–water partition coefficient (Wildman–Crippen LogP) is 1.77. The fraction of sp³-hybridized carbons (Fsp3) is 0.611. The lowest BCUT2D eigenvalue weighted by atomic mass is 9.87. The normalized spacial score (nSPS) is 26.3. The minimum Gasteiger partial charge on any atom is -0.497 e. The first-order valence-corrected chi connectivity index (χ1v) is 10.6. The van der Waals surface area contributed by atoms with E-state index in [1.165, 1.54) is 4.90 Å². The van der Waals surface area contributed by atoms with Gasteiger partial charge in [-0.1, -0.05) is 19.3 Å². The topological polar surface area (TPSA) is 83.9 Å². The number of rotatable bonds is 4. The molecule has 0 radical (unpaired) electrons. The number of methoxy groups -OCH3 is 1. The Morgan fingerprint density at radius 3 is 2.28 bits per heavy atom. The number of aliphatic hydroxyl groups is 1. The van der Waals surface area contributed by atoms with Gasteiger partial charge in [0.2, 0.25) is 5.91 Å². The third-order valence-corrected chi connectivity index (χ3v) is 6.87. The number of hydrogen-bond acceptors (Lipinski definition) is 5. The van der Waals surface area contributed by atoms with Crippen LogP contribution < -0.4 is 9.64 Å². The molecule has 1 aromatic rings. The van der Waals surface area contributed by atoms with Gasteiger partial charge in [0, 0.05) is 11.6 Å². The van der Waals surface area contributed by atoms with Gasteiger partial charge in [0.1, 0.15) is 5.75 Å². The van der Waals surface area contributed by atoms with Crippen molar-refractivity contribution in [2.45, 2.75) is 44.2 Å². The summed E-state index contributed by atoms with van der Waals surface area (Å²) in [5.41, 5.74) is 0.609. The molecule has 25 heavy (non-hydrogen) atoms. The minimum atomic E-state index is -3.34. The van der Waals surface area contributed by atoms with Crippen LogP contribution in [0.4, 0.5) is 5.69 Å². The molecule has 138 valence electrons. The Labute approximate surface area is 148 Å². The van der Waals surface area contributed by atoms with E-state index < -0.39 is 22.0 Å². The molecule has 0 spiro atoms. The predicted molar refractivity (Wildman–Crippen MR) is 95.5 cm³/mol. The van der Waals surface area contributed by atoms with Crippen LogP contribution in [0.1, 0.15) is 32.1 Å². The smallest absolute Gasteiger partial charge is 0.230 e. The first-order chi connectivity index (χ1) is 11.9. The van der Waals surface area contributed by atoms with Crippen LogP contribution in [0.15, 0.2) is 24.3 Å². The number of hydrogen-bond donors (Lipinski definition) is 1. The molecule has 2 fully saturated rings. The Morgan fingerprint density at radius 2 is 1.76 bits per heavy atom. The third-order valence-electron chi connectivity index (χ3n) is 5.17. The fourth-order valence-corrected chi connectivity index (χ4v) is 5.60. The molecule has 2 atom stereocenters. The number of ether oxygens (including phenoxy) is 1. The average Bonchev–Trinajstić information content (AvgIpc) is 2.89. The molecule has 0 unspecified atom stereocenters. The van der Waals surface area contributed by atoms with Crippen LogP contribution in [0.3, 0.4) is 0 Å². The number of benzene rings is 1. The van der Waals surface area contributed by atoms with E-state index in [9.17, 15) is 18.3 Å². The highest BCUT2D eigenvalue weighted by Crippen LogP contribution is 2.32. The lowest BCUT2D eigenvalue weighted by Gasteiger charge is -2.34. The summed E-state index contributed by atoms with van der Waals surface area (Å²) in [4.78, 5) is 14.7. The van der Waals surface area contributed by atoms with Crippen LogP contribution in [-0.2, 0) is 14.6 Å². The highest BCUT2D eigenvalue weighted by molar-refractivity contribution is 7.91. The molecule has 1 N–H and O–H groups in total. The maximum atomic E-state index is 13.2. The van der Waals surface area contributed by atoms with Crippen LogP contribution in [0.25, 0.3) is 0 Å². The monoisotopic (exact) mass is 367 g/mol. The summed E-state index contributed by atoms with van der Waals surface area (Å²) >= 11 is 0. The zero-order valence-corrected chi connectivity index (χ0v) is 15.2. The van der Waals surface area contributed by atoms with Crippen molar-refractivity contribution in [2.24, 2.45) is 5.92 Å². The van der Waals surface area contributed by atoms with Crippen LogP contribution in [0.5, 0.6) is 5.75 Å². The van der Waals surface area contributed by atoms with Gasteiger partial charge in [-0.3, -0.25) is 4.79 Å². The van der Waals surface area contributed by atoms with Gasteiger partial charge in [-0.15, -0.1) is 0 Å². The van der Waals surface area contributed by atoms with E-state index in [1.807, 2.05) is 0 Å². The van der Waals surface area contributed by atoms with Gasteiger partial charge in [-0.05, 0) is 37.1 Å². The molecule has 0 aromatic heterocycles. The number of nitrogens with zero attached hydrogens (tertiary/aromatic N) is 1. The Balaban J connectivity index is 1.93. The summed E-state index contributed by atoms with van der Waals surface area (Å²) in [6.07, 6.45) is 3.74. The van der Waals surface area contributed by atoms with E-state index in [-0.39, 0.29) is 23.3 Å². The van der Waals surface area contributed by atoms with Crippen molar-refractivity contribution < 1.29 is 23.1 Å². The fourth-order valence-electron chi connectivity index (χ4n) is 3.83. The SMILES string of the molecule is COc1ccc(N(C(=O)C2CCCCC2)[C@@H]2CS(=O)(=O)C[C@@H]2O)cc1. The van der Waals surface area contributed by atoms with E-state index in [0.29, 0.717) is 11.4 Å². The van der Waals surface area contributed by atoms with Crippen molar-refractivity contribution in [3.8, 4) is 5.75 Å². The van der Waals surface area contributed by atoms with Gasteiger partial charge >= 0.3 is 0 Å². The average molecular weight is 367 g/mol. The molecular weight excluding hydrogens is 342 g/mol. The van der Waals surface area contributed by atoms with Gasteiger partial charge < -0.3 is 14.7 Å². The summed E-state index contributed by atoms with van der Waals surface area (Å²) < 4.78 is 29.1. The van der Waals surface area contributed by atoms with Crippen LogP contribution in [0, 0.1) is 5.92 Å². The molecule has 1 saturated heterocycles. The summed E-state index contributed by atoms with van der Waals surface area (Å²) in [6.45, 7) is 0. The Morgan fingerprint density at radius 1 is 1.12 bits per heavy atom. The molecule has 1 aliphatic heterocycles. The van der Waals surface area contributed by atoms with Crippen LogP contribution in [0.2, 0.25) is 0 Å². The molecule has 1 aliphatic carbocycles. The van der Waals surface area contributed by atoms with Gasteiger partial charge in [0.05, 0.1) is 30.8 Å². The Kier molecular flexibility index (Phi) is 5.34. The zero-order valence-electron chi connectivity index (χ0n) is 14.4. The van der Waals surface area contributed by atoms with Crippen molar-refractivity contribution in [1.29, 1.82) is 0 Å². The molecule has 1 heterocycles. The molecule has 1 aromatic carbocycles. The molecule has 1 amide bonds. The highest BCUT2D eigenvalue weighted by atomic mass is 32.2. The van der Waals surface area contributed by atoms with E-state index >= 15 is 0 Å². The summed E-state index contributed by atoms with van der Waals surface area (Å²) in [5.74, 6) is -0.00762. The lowest BCUT2D eigenvalue weighted by Crippen LogP contribution is -2.49. The number of anilines is 1. The van der Waals surface area contributed by atoms with Gasteiger partial charge in [-0.25, -0.2) is 8.42 Å². The van der Waals surface area contributed by atoms with Crippen molar-refractivity contribution in [3.63, 3.8) is 0 Å². The number of carbonyl (C=O) groups is 1. The maximum Gasteiger partial charge on any atom is 0.230 e. The minimum absolute atomic E-state index is 0.0778. The van der Waals surface area contributed by atoms with Gasteiger partial charge in [0.25, 0.3) is 0 Å². The van der Waals surface area contributed by atoms with Gasteiger partial charge in [-0.2, -0.15) is 0 Å². The second-order valence-electron chi connectivity index (χ2n) is 6.95. The van der Waals surface area contributed by atoms with E-state index in [4.69, 9.17) is 4.74 Å². The second kappa shape index (κ2) is 7.33. The number of carbonyl (C=O) groups excluding carboxylic acids is 1. The lowest BCUT2D eigenvalue weighted by molar-refractivity contribution is -0.124. The van der Waals surface area contributed by atoms with Crippen LogP contribution >= 0.6 is 0 Å². The summed E-state index contributed by atoms with van der Waals surface area (Å²) in [5, 5.41) is 10.3. The van der Waals surface area contributed by atoms with E-state index in [1.54, 1.807) is 31.4 Å². The highest BCUT2D eigenvalue weighted by Gasteiger charge is 2.43. The van der Waals surface area contributed by atoms with E-state index in [2.05, 4.69) is 0 Å². The summed E-state index contributed by atoms with van der Waals surface area (Å²) in [6, 6.07) is 6.25. The first kappa shape index (κ1) is 18.2. The van der Waals surface area contributed by atoms with Crippen LogP contribution in [-0.4, -0.2) is 50.2 Å². The Bertz CT molecular complexity index is 709.